The lowest BCUT2D eigenvalue weighted by Crippen LogP contribution is -2.22. The highest BCUT2D eigenvalue weighted by Gasteiger charge is 2.02. The number of benzene rings is 1. The molecule has 0 atom stereocenters. The molecule has 2 aromatic rings. The second kappa shape index (κ2) is 4.45. The normalized spacial score (nSPS) is 10.5. The Morgan fingerprint density at radius 3 is 2.06 bits per heavy atom. The van der Waals surface area contributed by atoms with E-state index in [1.807, 2.05) is 12.1 Å². The van der Waals surface area contributed by atoms with Crippen LogP contribution in [0.15, 0.2) is 36.4 Å². The zero-order valence-electron chi connectivity index (χ0n) is 9.93. The van der Waals surface area contributed by atoms with Crippen LogP contribution < -0.4 is 5.11 Å². The monoisotopic (exact) mass is 228 g/mol. The highest BCUT2D eigenvalue weighted by atomic mass is 16.4. The van der Waals surface area contributed by atoms with Gasteiger partial charge in [-0.3, -0.25) is 0 Å². The summed E-state index contributed by atoms with van der Waals surface area (Å²) >= 11 is 0. The summed E-state index contributed by atoms with van der Waals surface area (Å²) in [6.45, 7) is 4.88. The van der Waals surface area contributed by atoms with E-state index in [1.165, 1.54) is 11.4 Å². The van der Waals surface area contributed by atoms with E-state index in [4.69, 9.17) is 0 Å². The molecule has 0 aliphatic carbocycles. The summed E-state index contributed by atoms with van der Waals surface area (Å²) < 4.78 is 2.19. The molecule has 17 heavy (non-hydrogen) atoms. The van der Waals surface area contributed by atoms with Crippen LogP contribution in [0.1, 0.15) is 27.3 Å². The third-order valence-corrected chi connectivity index (χ3v) is 2.95. The molecule has 0 radical (unpaired) electrons. The Kier molecular flexibility index (Phi) is 3.00. The Hall–Kier alpha value is -2.03. The molecule has 0 aliphatic rings. The number of aromatic carboxylic acids is 1. The summed E-state index contributed by atoms with van der Waals surface area (Å²) in [5, 5.41) is 10.6. The molecule has 0 unspecified atom stereocenters. The van der Waals surface area contributed by atoms with Crippen LogP contribution in [0.25, 0.3) is 0 Å². The van der Waals surface area contributed by atoms with E-state index >= 15 is 0 Å². The molecule has 3 nitrogen and oxygen atoms in total. The van der Waals surface area contributed by atoms with Gasteiger partial charge in [-0.2, -0.15) is 0 Å². The molecule has 0 fully saturated rings. The third kappa shape index (κ3) is 2.38. The number of hydrogen-bond acceptors (Lipinski definition) is 2. The minimum Gasteiger partial charge on any atom is -0.545 e. The first-order valence-electron chi connectivity index (χ1n) is 5.51. The fourth-order valence-corrected chi connectivity index (χ4v) is 1.88. The molecule has 0 amide bonds. The van der Waals surface area contributed by atoms with Crippen molar-refractivity contribution in [1.82, 2.24) is 4.57 Å². The minimum absolute atomic E-state index is 0.217. The first-order chi connectivity index (χ1) is 8.08. The number of aromatic nitrogens is 1. The van der Waals surface area contributed by atoms with Crippen LogP contribution in [0.5, 0.6) is 0 Å². The van der Waals surface area contributed by atoms with Gasteiger partial charge < -0.3 is 14.5 Å². The zero-order valence-corrected chi connectivity index (χ0v) is 9.93. The van der Waals surface area contributed by atoms with Crippen molar-refractivity contribution in [3.63, 3.8) is 0 Å². The van der Waals surface area contributed by atoms with Gasteiger partial charge in [-0.05, 0) is 37.1 Å². The van der Waals surface area contributed by atoms with Crippen molar-refractivity contribution in [2.75, 3.05) is 0 Å². The molecule has 0 N–H and O–H groups in total. The summed E-state index contributed by atoms with van der Waals surface area (Å²) in [6, 6.07) is 11.0. The summed E-state index contributed by atoms with van der Waals surface area (Å²) in [5.74, 6) is -1.13. The van der Waals surface area contributed by atoms with Gasteiger partial charge in [-0.25, -0.2) is 0 Å². The topological polar surface area (TPSA) is 45.1 Å². The molecule has 1 aromatic heterocycles. The van der Waals surface area contributed by atoms with Gasteiger partial charge in [-0.1, -0.05) is 24.3 Å². The van der Waals surface area contributed by atoms with Crippen molar-refractivity contribution in [3.05, 3.63) is 58.9 Å². The average molecular weight is 228 g/mol. The molecule has 0 aliphatic heterocycles. The third-order valence-electron chi connectivity index (χ3n) is 2.95. The first-order valence-corrected chi connectivity index (χ1v) is 5.51. The second-order valence-electron chi connectivity index (χ2n) is 4.19. The largest absolute Gasteiger partial charge is 0.545 e. The number of carbonyl (C=O) groups excluding carboxylic acids is 1. The fraction of sp³-hybridized carbons (Fsp3) is 0.214. The number of rotatable bonds is 3. The highest BCUT2D eigenvalue weighted by molar-refractivity contribution is 5.85. The van der Waals surface area contributed by atoms with E-state index in [9.17, 15) is 9.90 Å². The predicted molar refractivity (Wildman–Crippen MR) is 63.8 cm³/mol. The van der Waals surface area contributed by atoms with Gasteiger partial charge in [0.15, 0.2) is 0 Å². The van der Waals surface area contributed by atoms with E-state index in [0.717, 1.165) is 12.1 Å². The molecular formula is C14H14NO2-. The molecule has 88 valence electrons. The maximum Gasteiger partial charge on any atom is 0.0715 e. The van der Waals surface area contributed by atoms with Crippen LogP contribution in [0.2, 0.25) is 0 Å². The zero-order chi connectivity index (χ0) is 12.4. The standard InChI is InChI=1S/C14H15NO2/c1-10-3-4-11(2)15(10)9-12-5-7-13(8-6-12)14(16)17/h3-8H,9H2,1-2H3,(H,16,17)/p-1. The average Bonchev–Trinajstić information content (AvgIpc) is 2.61. The fourth-order valence-electron chi connectivity index (χ4n) is 1.88. The Labute approximate surface area is 100 Å². The van der Waals surface area contributed by atoms with E-state index in [2.05, 4.69) is 30.5 Å². The van der Waals surface area contributed by atoms with Crippen LogP contribution in [0, 0.1) is 13.8 Å². The van der Waals surface area contributed by atoms with Crippen molar-refractivity contribution < 1.29 is 9.90 Å². The van der Waals surface area contributed by atoms with E-state index in [1.54, 1.807) is 12.1 Å². The van der Waals surface area contributed by atoms with Gasteiger partial charge >= 0.3 is 0 Å². The van der Waals surface area contributed by atoms with Crippen molar-refractivity contribution in [1.29, 1.82) is 0 Å². The Morgan fingerprint density at radius 1 is 1.06 bits per heavy atom. The van der Waals surface area contributed by atoms with E-state index < -0.39 is 5.97 Å². The van der Waals surface area contributed by atoms with Crippen LogP contribution in [-0.2, 0) is 6.54 Å². The summed E-state index contributed by atoms with van der Waals surface area (Å²) in [6.07, 6.45) is 0. The molecule has 1 heterocycles. The Bertz CT molecular complexity index is 518. The number of nitrogens with zero attached hydrogens (tertiary/aromatic N) is 1. The van der Waals surface area contributed by atoms with Crippen LogP contribution in [0.4, 0.5) is 0 Å². The highest BCUT2D eigenvalue weighted by Crippen LogP contribution is 2.12. The van der Waals surface area contributed by atoms with Crippen LogP contribution in [0.3, 0.4) is 0 Å². The number of hydrogen-bond donors (Lipinski definition) is 0. The summed E-state index contributed by atoms with van der Waals surface area (Å²) in [5.41, 5.74) is 3.70. The van der Waals surface area contributed by atoms with Gasteiger partial charge in [-0.15, -0.1) is 0 Å². The summed E-state index contributed by atoms with van der Waals surface area (Å²) in [7, 11) is 0. The van der Waals surface area contributed by atoms with Gasteiger partial charge in [0.25, 0.3) is 0 Å². The smallest absolute Gasteiger partial charge is 0.0715 e. The van der Waals surface area contributed by atoms with Gasteiger partial charge in [0, 0.05) is 17.9 Å². The molecular weight excluding hydrogens is 214 g/mol. The van der Waals surface area contributed by atoms with Crippen molar-refractivity contribution >= 4 is 5.97 Å². The maximum absolute atomic E-state index is 10.6. The predicted octanol–water partition coefficient (Wildman–Crippen LogP) is 1.52. The van der Waals surface area contributed by atoms with Gasteiger partial charge in [0.05, 0.1) is 5.97 Å². The molecule has 0 saturated heterocycles. The number of carboxylic acids is 1. The molecule has 2 rings (SSSR count). The Balaban J connectivity index is 2.22. The quantitative estimate of drug-likeness (QED) is 0.799. The first kappa shape index (κ1) is 11.5. The minimum atomic E-state index is -1.13. The van der Waals surface area contributed by atoms with Gasteiger partial charge in [0.2, 0.25) is 0 Å². The van der Waals surface area contributed by atoms with Gasteiger partial charge in [0.1, 0.15) is 0 Å². The lowest BCUT2D eigenvalue weighted by Gasteiger charge is -2.10. The van der Waals surface area contributed by atoms with Crippen molar-refractivity contribution in [2.24, 2.45) is 0 Å². The van der Waals surface area contributed by atoms with Crippen LogP contribution >= 0.6 is 0 Å². The second-order valence-corrected chi connectivity index (χ2v) is 4.19. The lowest BCUT2D eigenvalue weighted by molar-refractivity contribution is -0.255. The number of aryl methyl sites for hydroxylation is 2. The number of carbonyl (C=O) groups is 1. The SMILES string of the molecule is Cc1ccc(C)n1Cc1ccc(C(=O)[O-])cc1. The molecule has 0 saturated carbocycles. The van der Waals surface area contributed by atoms with E-state index in [-0.39, 0.29) is 5.56 Å². The molecule has 3 heteroatoms. The van der Waals surface area contributed by atoms with Crippen molar-refractivity contribution in [2.45, 2.75) is 20.4 Å². The number of carboxylic acid groups (broad SMARTS) is 1. The molecule has 1 aromatic carbocycles. The summed E-state index contributed by atoms with van der Waals surface area (Å²) in [4.78, 5) is 10.6. The van der Waals surface area contributed by atoms with Crippen molar-refractivity contribution in [3.8, 4) is 0 Å². The molecule has 0 bridgehead atoms. The van der Waals surface area contributed by atoms with E-state index in [0.29, 0.717) is 0 Å². The molecule has 0 spiro atoms. The maximum atomic E-state index is 10.6. The lowest BCUT2D eigenvalue weighted by atomic mass is 10.1. The Morgan fingerprint density at radius 2 is 1.59 bits per heavy atom. The van der Waals surface area contributed by atoms with Crippen LogP contribution in [-0.4, -0.2) is 10.5 Å².